The molecule has 0 N–H and O–H groups in total. The van der Waals surface area contributed by atoms with E-state index in [-0.39, 0.29) is 11.6 Å². The number of carbonyl (C=O) groups is 1. The van der Waals surface area contributed by atoms with Crippen molar-refractivity contribution >= 4 is 23.4 Å². The molecule has 2 aliphatic rings. The summed E-state index contributed by atoms with van der Waals surface area (Å²) in [5.41, 5.74) is 4.17. The van der Waals surface area contributed by atoms with Crippen molar-refractivity contribution in [2.75, 3.05) is 13.1 Å². The molecule has 1 saturated heterocycles. The summed E-state index contributed by atoms with van der Waals surface area (Å²) < 4.78 is 5.46. The Bertz CT molecular complexity index is 856. The summed E-state index contributed by atoms with van der Waals surface area (Å²) in [5, 5.41) is 0.734. The Hall–Kier alpha value is -2.33. The van der Waals surface area contributed by atoms with Crippen LogP contribution in [0.1, 0.15) is 36.5 Å². The average Bonchev–Trinajstić information content (AvgIpc) is 2.92. The molecule has 0 bridgehead atoms. The Balaban J connectivity index is 1.41. The van der Waals surface area contributed by atoms with Crippen LogP contribution in [0.25, 0.3) is 0 Å². The van der Waals surface area contributed by atoms with E-state index in [1.165, 1.54) is 5.56 Å². The highest BCUT2D eigenvalue weighted by atomic mass is 35.5. The van der Waals surface area contributed by atoms with Gasteiger partial charge in [-0.3, -0.25) is 4.99 Å². The second-order valence-corrected chi connectivity index (χ2v) is 7.38. The molecule has 2 aromatic carbocycles. The van der Waals surface area contributed by atoms with E-state index in [0.717, 1.165) is 34.7 Å². The Labute approximate surface area is 158 Å². The molecule has 0 atom stereocenters. The molecule has 0 saturated carbocycles. The number of nitrogens with zero attached hydrogens (tertiary/aromatic N) is 2. The average molecular weight is 369 g/mol. The van der Waals surface area contributed by atoms with Crippen molar-refractivity contribution in [2.24, 2.45) is 4.99 Å². The van der Waals surface area contributed by atoms with Gasteiger partial charge in [-0.25, -0.2) is 4.79 Å². The summed E-state index contributed by atoms with van der Waals surface area (Å²) in [6.07, 6.45) is 1.36. The monoisotopic (exact) mass is 368 g/mol. The lowest BCUT2D eigenvalue weighted by Crippen LogP contribution is -2.44. The first-order valence-electron chi connectivity index (χ1n) is 8.90. The predicted molar refractivity (Wildman–Crippen MR) is 103 cm³/mol. The maximum Gasteiger partial charge on any atom is 0.410 e. The maximum atomic E-state index is 12.4. The second-order valence-electron chi connectivity index (χ2n) is 6.95. The minimum Gasteiger partial charge on any atom is -0.445 e. The van der Waals surface area contributed by atoms with Crippen molar-refractivity contribution in [2.45, 2.75) is 31.9 Å². The summed E-state index contributed by atoms with van der Waals surface area (Å²) in [6, 6.07) is 15.7. The van der Waals surface area contributed by atoms with Gasteiger partial charge >= 0.3 is 6.09 Å². The van der Waals surface area contributed by atoms with Gasteiger partial charge in [0.25, 0.3) is 0 Å². The van der Waals surface area contributed by atoms with Crippen LogP contribution in [-0.2, 0) is 16.9 Å². The zero-order chi connectivity index (χ0) is 18.1. The lowest BCUT2D eigenvalue weighted by atomic mass is 9.81. The third-order valence-electron chi connectivity index (χ3n) is 5.31. The van der Waals surface area contributed by atoms with Crippen LogP contribution >= 0.6 is 11.6 Å². The Kier molecular flexibility index (Phi) is 4.45. The van der Waals surface area contributed by atoms with Gasteiger partial charge in [-0.2, -0.15) is 0 Å². The summed E-state index contributed by atoms with van der Waals surface area (Å²) in [7, 11) is 0. The van der Waals surface area contributed by atoms with Gasteiger partial charge < -0.3 is 9.64 Å². The van der Waals surface area contributed by atoms with Crippen molar-refractivity contribution in [1.29, 1.82) is 0 Å². The molecule has 2 aliphatic heterocycles. The molecule has 0 unspecified atom stereocenters. The predicted octanol–water partition coefficient (Wildman–Crippen LogP) is 4.79. The van der Waals surface area contributed by atoms with Gasteiger partial charge in [-0.1, -0.05) is 48.0 Å². The molecule has 0 radical (unpaired) electrons. The maximum absolute atomic E-state index is 12.4. The third-order valence-corrected chi connectivity index (χ3v) is 5.54. The number of aliphatic imine (C=N–C) groups is 1. The molecule has 1 fully saturated rings. The van der Waals surface area contributed by atoms with Crippen LogP contribution in [0.5, 0.6) is 0 Å². The standard InChI is InChI=1S/C21H21ClN2O2/c1-15-18-13-17(22)7-8-19(18)21(23-15)9-11-24(12-10-21)20(25)26-14-16-5-3-2-4-6-16/h2-8,13H,9-12,14H2,1H3. The number of likely N-dealkylation sites (tertiary alicyclic amines) is 1. The van der Waals surface area contributed by atoms with E-state index in [0.29, 0.717) is 19.7 Å². The number of fused-ring (bicyclic) bond motifs is 2. The molecule has 1 spiro atoms. The van der Waals surface area contributed by atoms with Crippen molar-refractivity contribution in [3.8, 4) is 0 Å². The van der Waals surface area contributed by atoms with E-state index in [9.17, 15) is 4.79 Å². The number of rotatable bonds is 2. The largest absolute Gasteiger partial charge is 0.445 e. The Morgan fingerprint density at radius 3 is 2.65 bits per heavy atom. The molecule has 5 heteroatoms. The van der Waals surface area contributed by atoms with E-state index >= 15 is 0 Å². The van der Waals surface area contributed by atoms with Gasteiger partial charge in [-0.15, -0.1) is 0 Å². The SMILES string of the molecule is CC1=NC2(CCN(C(=O)OCc3ccccc3)CC2)c2ccc(Cl)cc21. The molecule has 0 aromatic heterocycles. The van der Waals surface area contributed by atoms with E-state index in [1.807, 2.05) is 49.4 Å². The molecule has 26 heavy (non-hydrogen) atoms. The van der Waals surface area contributed by atoms with Gasteiger partial charge in [0.05, 0.1) is 5.54 Å². The molecule has 1 amide bonds. The van der Waals surface area contributed by atoms with Crippen LogP contribution in [0.4, 0.5) is 4.79 Å². The third kappa shape index (κ3) is 3.10. The highest BCUT2D eigenvalue weighted by molar-refractivity contribution is 6.31. The Morgan fingerprint density at radius 2 is 1.92 bits per heavy atom. The summed E-state index contributed by atoms with van der Waals surface area (Å²) in [6.45, 7) is 3.63. The van der Waals surface area contributed by atoms with Crippen molar-refractivity contribution in [3.63, 3.8) is 0 Å². The molecule has 4 nitrogen and oxygen atoms in total. The van der Waals surface area contributed by atoms with Gasteiger partial charge in [0, 0.05) is 29.4 Å². The number of hydrogen-bond acceptors (Lipinski definition) is 3. The highest BCUT2D eigenvalue weighted by Crippen LogP contribution is 2.44. The summed E-state index contributed by atoms with van der Waals surface area (Å²) >= 11 is 6.14. The first kappa shape index (κ1) is 17.1. The van der Waals surface area contributed by atoms with Crippen LogP contribution in [0.2, 0.25) is 5.02 Å². The zero-order valence-electron chi connectivity index (χ0n) is 14.7. The normalized spacial score (nSPS) is 17.8. The number of benzene rings is 2. The number of halogens is 1. The van der Waals surface area contributed by atoms with Crippen LogP contribution < -0.4 is 0 Å². The van der Waals surface area contributed by atoms with Gasteiger partial charge in [0.15, 0.2) is 0 Å². The van der Waals surface area contributed by atoms with E-state index < -0.39 is 0 Å². The number of hydrogen-bond donors (Lipinski definition) is 0. The number of amides is 1. The zero-order valence-corrected chi connectivity index (χ0v) is 15.5. The highest BCUT2D eigenvalue weighted by Gasteiger charge is 2.42. The lowest BCUT2D eigenvalue weighted by Gasteiger charge is -2.37. The molecule has 134 valence electrons. The molecule has 0 aliphatic carbocycles. The lowest BCUT2D eigenvalue weighted by molar-refractivity contribution is 0.0786. The number of piperidine rings is 1. The van der Waals surface area contributed by atoms with Crippen LogP contribution in [0, 0.1) is 0 Å². The molecule has 2 aromatic rings. The molecule has 2 heterocycles. The first-order chi connectivity index (χ1) is 12.6. The van der Waals surface area contributed by atoms with E-state index in [4.69, 9.17) is 21.3 Å². The number of carbonyl (C=O) groups excluding carboxylic acids is 1. The number of ether oxygens (including phenoxy) is 1. The minimum absolute atomic E-state index is 0.222. The Morgan fingerprint density at radius 1 is 1.19 bits per heavy atom. The van der Waals surface area contributed by atoms with Crippen LogP contribution in [0.15, 0.2) is 53.5 Å². The fourth-order valence-corrected chi connectivity index (χ4v) is 4.09. The van der Waals surface area contributed by atoms with Crippen molar-refractivity contribution in [3.05, 3.63) is 70.2 Å². The fraction of sp³-hybridized carbons (Fsp3) is 0.333. The summed E-state index contributed by atoms with van der Waals surface area (Å²) in [4.78, 5) is 19.1. The minimum atomic E-state index is -0.251. The van der Waals surface area contributed by atoms with Crippen molar-refractivity contribution in [1.82, 2.24) is 4.90 Å². The first-order valence-corrected chi connectivity index (χ1v) is 9.28. The van der Waals surface area contributed by atoms with Crippen LogP contribution in [-0.4, -0.2) is 29.8 Å². The van der Waals surface area contributed by atoms with E-state index in [1.54, 1.807) is 4.90 Å². The molecular weight excluding hydrogens is 348 g/mol. The summed E-state index contributed by atoms with van der Waals surface area (Å²) in [5.74, 6) is 0. The van der Waals surface area contributed by atoms with Gasteiger partial charge in [0.1, 0.15) is 6.61 Å². The van der Waals surface area contributed by atoms with Gasteiger partial charge in [-0.05, 0) is 43.0 Å². The second kappa shape index (κ2) is 6.76. The smallest absolute Gasteiger partial charge is 0.410 e. The van der Waals surface area contributed by atoms with Gasteiger partial charge in [0.2, 0.25) is 0 Å². The van der Waals surface area contributed by atoms with Crippen molar-refractivity contribution < 1.29 is 9.53 Å². The topological polar surface area (TPSA) is 41.9 Å². The quantitative estimate of drug-likeness (QED) is 0.764. The fourth-order valence-electron chi connectivity index (χ4n) is 3.91. The molecule has 4 rings (SSSR count). The molecular formula is C21H21ClN2O2. The van der Waals surface area contributed by atoms with Crippen LogP contribution in [0.3, 0.4) is 0 Å². The van der Waals surface area contributed by atoms with E-state index in [2.05, 4.69) is 6.07 Å².